The van der Waals surface area contributed by atoms with Crippen molar-refractivity contribution in [2.45, 2.75) is 13.3 Å². The van der Waals surface area contributed by atoms with Gasteiger partial charge in [0.15, 0.2) is 11.5 Å². The molecule has 1 heterocycles. The predicted molar refractivity (Wildman–Crippen MR) is 52.2 cm³/mol. The maximum absolute atomic E-state index is 10.7. The molecule has 0 amide bonds. The summed E-state index contributed by atoms with van der Waals surface area (Å²) in [5.41, 5.74) is 1.58. The second-order valence-corrected chi connectivity index (χ2v) is 3.32. The Balaban J connectivity index is 2.45. The fraction of sp³-hybridized carbons (Fsp3) is 0.364. The molecule has 0 atom stereocenters. The Kier molecular flexibility index (Phi) is 2.39. The number of rotatable bonds is 1. The molecular formula is C11H12O3. The van der Waals surface area contributed by atoms with Gasteiger partial charge in [-0.15, -0.1) is 0 Å². The van der Waals surface area contributed by atoms with Gasteiger partial charge in [-0.1, -0.05) is 0 Å². The van der Waals surface area contributed by atoms with E-state index in [9.17, 15) is 4.79 Å². The van der Waals surface area contributed by atoms with E-state index in [-0.39, 0.29) is 0 Å². The van der Waals surface area contributed by atoms with Crippen LogP contribution in [0, 0.1) is 6.92 Å². The summed E-state index contributed by atoms with van der Waals surface area (Å²) in [5, 5.41) is 0. The SMILES string of the molecule is Cc1cc2c(cc1C=O)OCCCO2. The summed E-state index contributed by atoms with van der Waals surface area (Å²) in [4.78, 5) is 10.7. The molecule has 0 saturated carbocycles. The summed E-state index contributed by atoms with van der Waals surface area (Å²) in [5.74, 6) is 1.42. The van der Waals surface area contributed by atoms with Crippen LogP contribution in [0.1, 0.15) is 22.3 Å². The number of carbonyl (C=O) groups excluding carboxylic acids is 1. The number of carbonyl (C=O) groups is 1. The van der Waals surface area contributed by atoms with E-state index in [0.29, 0.717) is 24.5 Å². The van der Waals surface area contributed by atoms with Crippen LogP contribution in [-0.4, -0.2) is 19.5 Å². The summed E-state index contributed by atoms with van der Waals surface area (Å²) < 4.78 is 10.9. The Labute approximate surface area is 82.6 Å². The topological polar surface area (TPSA) is 35.5 Å². The van der Waals surface area contributed by atoms with Crippen molar-refractivity contribution in [3.8, 4) is 11.5 Å². The summed E-state index contributed by atoms with van der Waals surface area (Å²) in [6.07, 6.45) is 1.72. The molecule has 0 radical (unpaired) electrons. The van der Waals surface area contributed by atoms with Gasteiger partial charge in [0.25, 0.3) is 0 Å². The van der Waals surface area contributed by atoms with Gasteiger partial charge in [-0.05, 0) is 24.6 Å². The van der Waals surface area contributed by atoms with Crippen molar-refractivity contribution in [2.75, 3.05) is 13.2 Å². The van der Waals surface area contributed by atoms with Gasteiger partial charge in [0.1, 0.15) is 6.29 Å². The molecule has 1 aliphatic rings. The highest BCUT2D eigenvalue weighted by Gasteiger charge is 2.12. The number of hydrogen-bond acceptors (Lipinski definition) is 3. The molecule has 3 nitrogen and oxygen atoms in total. The lowest BCUT2D eigenvalue weighted by Crippen LogP contribution is -1.97. The van der Waals surface area contributed by atoms with Crippen LogP contribution in [0.4, 0.5) is 0 Å². The second-order valence-electron chi connectivity index (χ2n) is 3.32. The smallest absolute Gasteiger partial charge is 0.161 e. The highest BCUT2D eigenvalue weighted by atomic mass is 16.5. The Bertz CT molecular complexity index is 358. The predicted octanol–water partition coefficient (Wildman–Crippen LogP) is 1.97. The number of hydrogen-bond donors (Lipinski definition) is 0. The standard InChI is InChI=1S/C11H12O3/c1-8-5-10-11(6-9(8)7-12)14-4-2-3-13-10/h5-7H,2-4H2,1H3. The van der Waals surface area contributed by atoms with Gasteiger partial charge in [0.05, 0.1) is 13.2 Å². The highest BCUT2D eigenvalue weighted by Crippen LogP contribution is 2.31. The second kappa shape index (κ2) is 3.70. The number of fused-ring (bicyclic) bond motifs is 1. The van der Waals surface area contributed by atoms with Gasteiger partial charge in [-0.2, -0.15) is 0 Å². The molecule has 3 heteroatoms. The lowest BCUT2D eigenvalue weighted by molar-refractivity contribution is 0.112. The van der Waals surface area contributed by atoms with E-state index in [1.807, 2.05) is 13.0 Å². The zero-order chi connectivity index (χ0) is 9.97. The molecule has 0 aromatic heterocycles. The molecule has 2 rings (SSSR count). The van der Waals surface area contributed by atoms with Crippen LogP contribution in [0.3, 0.4) is 0 Å². The van der Waals surface area contributed by atoms with Crippen LogP contribution >= 0.6 is 0 Å². The summed E-state index contributed by atoms with van der Waals surface area (Å²) in [6.45, 7) is 3.21. The van der Waals surface area contributed by atoms with Crippen LogP contribution in [-0.2, 0) is 0 Å². The van der Waals surface area contributed by atoms with Gasteiger partial charge in [0.2, 0.25) is 0 Å². The first-order chi connectivity index (χ1) is 6.81. The minimum atomic E-state index is 0.647. The first-order valence-electron chi connectivity index (χ1n) is 4.66. The molecule has 0 fully saturated rings. The van der Waals surface area contributed by atoms with Crippen LogP contribution < -0.4 is 9.47 Å². The van der Waals surface area contributed by atoms with Crippen LogP contribution in [0.15, 0.2) is 12.1 Å². The van der Waals surface area contributed by atoms with E-state index < -0.39 is 0 Å². The third-order valence-electron chi connectivity index (χ3n) is 2.26. The zero-order valence-electron chi connectivity index (χ0n) is 8.08. The van der Waals surface area contributed by atoms with E-state index in [1.165, 1.54) is 0 Å². The zero-order valence-corrected chi connectivity index (χ0v) is 8.08. The van der Waals surface area contributed by atoms with Gasteiger partial charge in [0, 0.05) is 12.0 Å². The maximum Gasteiger partial charge on any atom is 0.161 e. The van der Waals surface area contributed by atoms with E-state index in [2.05, 4.69) is 0 Å². The van der Waals surface area contributed by atoms with Crippen molar-refractivity contribution in [2.24, 2.45) is 0 Å². The molecule has 0 unspecified atom stereocenters. The molecule has 74 valence electrons. The van der Waals surface area contributed by atoms with Gasteiger partial charge < -0.3 is 9.47 Å². The Morgan fingerprint density at radius 1 is 1.21 bits per heavy atom. The van der Waals surface area contributed by atoms with Gasteiger partial charge in [-0.25, -0.2) is 0 Å². The molecule has 0 N–H and O–H groups in total. The van der Waals surface area contributed by atoms with Crippen molar-refractivity contribution in [1.29, 1.82) is 0 Å². The molecule has 0 spiro atoms. The first-order valence-corrected chi connectivity index (χ1v) is 4.66. The third kappa shape index (κ3) is 1.58. The minimum Gasteiger partial charge on any atom is -0.490 e. The largest absolute Gasteiger partial charge is 0.490 e. The highest BCUT2D eigenvalue weighted by molar-refractivity contribution is 5.79. The Morgan fingerprint density at radius 2 is 1.86 bits per heavy atom. The number of aldehydes is 1. The Hall–Kier alpha value is -1.51. The van der Waals surface area contributed by atoms with Gasteiger partial charge in [-0.3, -0.25) is 4.79 Å². The van der Waals surface area contributed by atoms with Gasteiger partial charge >= 0.3 is 0 Å². The fourth-order valence-corrected chi connectivity index (χ4v) is 1.45. The molecule has 1 aromatic carbocycles. The molecule has 0 bridgehead atoms. The van der Waals surface area contributed by atoms with E-state index in [1.54, 1.807) is 6.07 Å². The molecule has 1 aliphatic heterocycles. The van der Waals surface area contributed by atoms with Crippen LogP contribution in [0.25, 0.3) is 0 Å². The van der Waals surface area contributed by atoms with Crippen molar-refractivity contribution in [3.05, 3.63) is 23.3 Å². The third-order valence-corrected chi connectivity index (χ3v) is 2.26. The summed E-state index contributed by atoms with van der Waals surface area (Å²) in [7, 11) is 0. The lowest BCUT2D eigenvalue weighted by Gasteiger charge is -2.09. The summed E-state index contributed by atoms with van der Waals surface area (Å²) in [6, 6.07) is 3.59. The van der Waals surface area contributed by atoms with E-state index in [0.717, 1.165) is 24.0 Å². The number of ether oxygens (including phenoxy) is 2. The van der Waals surface area contributed by atoms with Crippen molar-refractivity contribution in [1.82, 2.24) is 0 Å². The van der Waals surface area contributed by atoms with Crippen molar-refractivity contribution in [3.63, 3.8) is 0 Å². The Morgan fingerprint density at radius 3 is 2.50 bits per heavy atom. The molecule has 0 aliphatic carbocycles. The normalized spacial score (nSPS) is 14.6. The van der Waals surface area contributed by atoms with E-state index in [4.69, 9.17) is 9.47 Å². The van der Waals surface area contributed by atoms with Crippen LogP contribution in [0.5, 0.6) is 11.5 Å². The first kappa shape index (κ1) is 9.06. The minimum absolute atomic E-state index is 0.647. The monoisotopic (exact) mass is 192 g/mol. The van der Waals surface area contributed by atoms with Crippen LogP contribution in [0.2, 0.25) is 0 Å². The quantitative estimate of drug-likeness (QED) is 0.638. The van der Waals surface area contributed by atoms with Crippen molar-refractivity contribution < 1.29 is 14.3 Å². The molecule has 14 heavy (non-hydrogen) atoms. The maximum atomic E-state index is 10.7. The average molecular weight is 192 g/mol. The van der Waals surface area contributed by atoms with Crippen molar-refractivity contribution >= 4 is 6.29 Å². The lowest BCUT2D eigenvalue weighted by atomic mass is 10.1. The number of benzene rings is 1. The number of aryl methyl sites for hydroxylation is 1. The summed E-state index contributed by atoms with van der Waals surface area (Å²) >= 11 is 0. The molecule has 1 aromatic rings. The fourth-order valence-electron chi connectivity index (χ4n) is 1.45. The molecular weight excluding hydrogens is 180 g/mol. The van der Waals surface area contributed by atoms with E-state index >= 15 is 0 Å². The molecule has 0 saturated heterocycles. The average Bonchev–Trinajstić information content (AvgIpc) is 2.41.